The third kappa shape index (κ3) is 1.01. The molecule has 0 radical (unpaired) electrons. The molecule has 0 atom stereocenters. The highest BCUT2D eigenvalue weighted by Crippen LogP contribution is 2.32. The van der Waals surface area contributed by atoms with Crippen LogP contribution in [0.2, 0.25) is 0 Å². The molecule has 1 aliphatic rings. The number of hydrogen-bond donors (Lipinski definition) is 2. The van der Waals surface area contributed by atoms with Crippen LogP contribution in [-0.2, 0) is 4.79 Å². The lowest BCUT2D eigenvalue weighted by Gasteiger charge is -2.03. The molecule has 0 aliphatic carbocycles. The molecule has 1 aliphatic heterocycles. The van der Waals surface area contributed by atoms with E-state index in [2.05, 4.69) is 20.3 Å². The average molecular weight is 238 g/mol. The van der Waals surface area contributed by atoms with Gasteiger partial charge in [-0.2, -0.15) is 0 Å². The van der Waals surface area contributed by atoms with Crippen molar-refractivity contribution in [1.29, 1.82) is 0 Å². The second kappa shape index (κ2) is 2.92. The van der Waals surface area contributed by atoms with Crippen molar-refractivity contribution in [3.05, 3.63) is 30.1 Å². The Kier molecular flexibility index (Phi) is 1.51. The fraction of sp³-hybridized carbons (Fsp3) is 0. The molecule has 3 heterocycles. The number of benzene rings is 1. The molecule has 0 unspecified atom stereocenters. The summed E-state index contributed by atoms with van der Waals surface area (Å²) in [4.78, 5) is 34.4. The second-order valence-electron chi connectivity index (χ2n) is 4.10. The zero-order chi connectivity index (χ0) is 12.3. The Bertz CT molecular complexity index is 850. The Balaban J connectivity index is 2.17. The van der Waals surface area contributed by atoms with Gasteiger partial charge in [0.15, 0.2) is 5.65 Å². The van der Waals surface area contributed by atoms with Gasteiger partial charge in [-0.05, 0) is 18.2 Å². The molecule has 2 N–H and O–H groups in total. The van der Waals surface area contributed by atoms with Crippen LogP contribution in [0.3, 0.4) is 0 Å². The van der Waals surface area contributed by atoms with Crippen molar-refractivity contribution in [1.82, 2.24) is 15.0 Å². The molecule has 0 saturated heterocycles. The zero-order valence-electron chi connectivity index (χ0n) is 9.02. The molecule has 18 heavy (non-hydrogen) atoms. The van der Waals surface area contributed by atoms with Gasteiger partial charge in [-0.15, -0.1) is 0 Å². The molecule has 86 valence electrons. The van der Waals surface area contributed by atoms with Crippen LogP contribution in [0.5, 0.6) is 0 Å². The number of amides is 1. The summed E-state index contributed by atoms with van der Waals surface area (Å²) in [6.45, 7) is 0. The third-order valence-corrected chi connectivity index (χ3v) is 3.07. The first kappa shape index (κ1) is 9.29. The minimum Gasteiger partial charge on any atom is -0.343 e. The van der Waals surface area contributed by atoms with Gasteiger partial charge >= 0.3 is 0 Å². The van der Waals surface area contributed by atoms with Crippen LogP contribution in [0.1, 0.15) is 10.4 Å². The van der Waals surface area contributed by atoms with Crippen molar-refractivity contribution in [3.8, 4) is 0 Å². The van der Waals surface area contributed by atoms with Crippen LogP contribution < -0.4 is 5.32 Å². The smallest absolute Gasteiger partial charge is 0.296 e. The van der Waals surface area contributed by atoms with Crippen molar-refractivity contribution in [3.63, 3.8) is 0 Å². The predicted molar refractivity (Wildman–Crippen MR) is 64.4 cm³/mol. The van der Waals surface area contributed by atoms with Crippen LogP contribution in [0, 0.1) is 0 Å². The Hall–Kier alpha value is -2.76. The number of rotatable bonds is 0. The maximum absolute atomic E-state index is 11.6. The lowest BCUT2D eigenvalue weighted by Crippen LogP contribution is -2.12. The number of imidazole rings is 1. The van der Waals surface area contributed by atoms with Crippen molar-refractivity contribution in [2.24, 2.45) is 0 Å². The molecular formula is C12H6N4O2. The van der Waals surface area contributed by atoms with E-state index in [4.69, 9.17) is 0 Å². The van der Waals surface area contributed by atoms with Crippen LogP contribution in [0.25, 0.3) is 22.1 Å². The van der Waals surface area contributed by atoms with Gasteiger partial charge in [0, 0.05) is 5.39 Å². The van der Waals surface area contributed by atoms with Crippen molar-refractivity contribution < 1.29 is 9.59 Å². The normalized spacial score (nSPS) is 14.2. The topological polar surface area (TPSA) is 87.7 Å². The van der Waals surface area contributed by atoms with Gasteiger partial charge in [-0.25, -0.2) is 9.97 Å². The van der Waals surface area contributed by atoms with Gasteiger partial charge in [0.2, 0.25) is 0 Å². The van der Waals surface area contributed by atoms with E-state index in [1.807, 2.05) is 6.07 Å². The third-order valence-electron chi connectivity index (χ3n) is 3.07. The monoisotopic (exact) mass is 238 g/mol. The lowest BCUT2D eigenvalue weighted by molar-refractivity contribution is -0.112. The van der Waals surface area contributed by atoms with Gasteiger partial charge in [-0.1, -0.05) is 0 Å². The van der Waals surface area contributed by atoms with Gasteiger partial charge in [0.1, 0.15) is 0 Å². The number of Topliss-reactive ketones (excluding diaryl/α,β-unsaturated/α-hetero) is 1. The van der Waals surface area contributed by atoms with Gasteiger partial charge in [-0.3, -0.25) is 9.59 Å². The number of carbonyl (C=O) groups is 2. The van der Waals surface area contributed by atoms with E-state index < -0.39 is 11.7 Å². The minimum absolute atomic E-state index is 0.396. The average Bonchev–Trinajstić information content (AvgIpc) is 2.93. The molecule has 0 fully saturated rings. The number of carbonyl (C=O) groups excluding carboxylic acids is 2. The van der Waals surface area contributed by atoms with Crippen molar-refractivity contribution in [2.45, 2.75) is 0 Å². The maximum Gasteiger partial charge on any atom is 0.296 e. The first-order chi connectivity index (χ1) is 8.74. The Morgan fingerprint density at radius 2 is 2.06 bits per heavy atom. The largest absolute Gasteiger partial charge is 0.343 e. The number of aromatic amines is 1. The van der Waals surface area contributed by atoms with Crippen LogP contribution in [-0.4, -0.2) is 26.6 Å². The summed E-state index contributed by atoms with van der Waals surface area (Å²) in [5, 5.41) is 3.32. The van der Waals surface area contributed by atoms with Gasteiger partial charge < -0.3 is 10.3 Å². The minimum atomic E-state index is -0.595. The molecule has 0 saturated carbocycles. The highest BCUT2D eigenvalue weighted by atomic mass is 16.2. The zero-order valence-corrected chi connectivity index (χ0v) is 9.02. The first-order valence-corrected chi connectivity index (χ1v) is 5.36. The number of anilines is 1. The van der Waals surface area contributed by atoms with Gasteiger partial charge in [0.25, 0.3) is 11.7 Å². The van der Waals surface area contributed by atoms with Crippen LogP contribution in [0.4, 0.5) is 5.69 Å². The SMILES string of the molecule is O=C1Nc2c(ccc3nc4nc[nH]c4cc23)C1=O. The van der Waals surface area contributed by atoms with E-state index in [1.54, 1.807) is 18.5 Å². The molecule has 6 nitrogen and oxygen atoms in total. The van der Waals surface area contributed by atoms with E-state index in [0.717, 1.165) is 10.9 Å². The summed E-state index contributed by atoms with van der Waals surface area (Å²) in [6, 6.07) is 5.17. The van der Waals surface area contributed by atoms with Crippen molar-refractivity contribution >= 4 is 39.4 Å². The Morgan fingerprint density at radius 3 is 2.94 bits per heavy atom. The maximum atomic E-state index is 11.6. The van der Waals surface area contributed by atoms with E-state index in [1.165, 1.54) is 0 Å². The summed E-state index contributed by atoms with van der Waals surface area (Å²) in [5.41, 5.74) is 3.01. The van der Waals surface area contributed by atoms with Crippen LogP contribution in [0.15, 0.2) is 24.5 Å². The molecule has 6 heteroatoms. The van der Waals surface area contributed by atoms with Gasteiger partial charge in [0.05, 0.1) is 28.6 Å². The highest BCUT2D eigenvalue weighted by Gasteiger charge is 2.29. The fourth-order valence-corrected chi connectivity index (χ4v) is 2.22. The molecule has 1 amide bonds. The summed E-state index contributed by atoms with van der Waals surface area (Å²) in [6.07, 6.45) is 1.56. The molecule has 0 bridgehead atoms. The Morgan fingerprint density at radius 1 is 1.17 bits per heavy atom. The molecule has 2 aromatic heterocycles. The fourth-order valence-electron chi connectivity index (χ4n) is 2.22. The molecular weight excluding hydrogens is 232 g/mol. The number of ketones is 1. The van der Waals surface area contributed by atoms with E-state index in [0.29, 0.717) is 22.4 Å². The number of aromatic nitrogens is 3. The quantitative estimate of drug-likeness (QED) is 0.577. The number of hydrogen-bond acceptors (Lipinski definition) is 4. The number of H-pyrrole nitrogens is 1. The summed E-state index contributed by atoms with van der Waals surface area (Å²) in [5.74, 6) is -1.10. The van der Waals surface area contributed by atoms with E-state index in [-0.39, 0.29) is 0 Å². The number of nitrogens with one attached hydrogen (secondary N) is 2. The predicted octanol–water partition coefficient (Wildman–Crippen LogP) is 1.25. The molecule has 1 aromatic carbocycles. The first-order valence-electron chi connectivity index (χ1n) is 5.36. The standard InChI is InChI=1S/C12H6N4O2/c17-10-5-1-2-7-6(9(5)16-12(10)18)3-8-11(15-7)14-4-13-8/h1-4H,(H,13,14,15)(H,16,17,18). The van der Waals surface area contributed by atoms with Crippen molar-refractivity contribution in [2.75, 3.05) is 5.32 Å². The summed E-state index contributed by atoms with van der Waals surface area (Å²) >= 11 is 0. The van der Waals surface area contributed by atoms with E-state index >= 15 is 0 Å². The second-order valence-corrected chi connectivity index (χ2v) is 4.10. The lowest BCUT2D eigenvalue weighted by atomic mass is 10.1. The molecule has 0 spiro atoms. The molecule has 4 rings (SSSR count). The summed E-state index contributed by atoms with van der Waals surface area (Å²) < 4.78 is 0. The number of nitrogens with zero attached hydrogens (tertiary/aromatic N) is 2. The number of fused-ring (bicyclic) bond motifs is 4. The highest BCUT2D eigenvalue weighted by molar-refractivity contribution is 6.52. The molecule has 3 aromatic rings. The van der Waals surface area contributed by atoms with Crippen LogP contribution >= 0.6 is 0 Å². The summed E-state index contributed by atoms with van der Waals surface area (Å²) in [7, 11) is 0. The Labute approximate surface area is 100 Å². The van der Waals surface area contributed by atoms with E-state index in [9.17, 15) is 9.59 Å². The number of pyridine rings is 1.